The van der Waals surface area contributed by atoms with E-state index < -0.39 is 6.04 Å². The van der Waals surface area contributed by atoms with Gasteiger partial charge in [0.25, 0.3) is 0 Å². The second-order valence-corrected chi connectivity index (χ2v) is 9.14. The van der Waals surface area contributed by atoms with Crippen molar-refractivity contribution in [3.05, 3.63) is 101 Å². The Morgan fingerprint density at radius 3 is 2.70 bits per heavy atom. The third-order valence-corrected chi connectivity index (χ3v) is 6.55. The molecule has 1 saturated heterocycles. The molecule has 0 saturated carbocycles. The molecule has 1 aliphatic heterocycles. The van der Waals surface area contributed by atoms with Gasteiger partial charge < -0.3 is 24.7 Å². The number of halogens is 2. The Balaban J connectivity index is 1.53. The van der Waals surface area contributed by atoms with E-state index in [0.29, 0.717) is 33.0 Å². The fourth-order valence-electron chi connectivity index (χ4n) is 4.28. The lowest BCUT2D eigenvalue weighted by Gasteiger charge is -2.26. The number of benzene rings is 2. The number of amides is 1. The maximum Gasteiger partial charge on any atom is 0.250 e. The Labute approximate surface area is 223 Å². The van der Waals surface area contributed by atoms with E-state index in [2.05, 4.69) is 15.6 Å². The van der Waals surface area contributed by atoms with Crippen molar-refractivity contribution in [3.63, 3.8) is 0 Å². The minimum atomic E-state index is -0.401. The summed E-state index contributed by atoms with van der Waals surface area (Å²) in [5.74, 6) is 0.603. The number of pyridine rings is 1. The van der Waals surface area contributed by atoms with Crippen molar-refractivity contribution in [2.45, 2.75) is 12.1 Å². The summed E-state index contributed by atoms with van der Waals surface area (Å²) in [7, 11) is 1.44. The zero-order chi connectivity index (χ0) is 25.9. The van der Waals surface area contributed by atoms with Crippen LogP contribution in [0.5, 0.6) is 0 Å². The van der Waals surface area contributed by atoms with Crippen LogP contribution in [-0.2, 0) is 9.53 Å². The first-order valence-corrected chi connectivity index (χ1v) is 12.2. The molecule has 2 aromatic heterocycles. The van der Waals surface area contributed by atoms with E-state index in [9.17, 15) is 9.18 Å². The van der Waals surface area contributed by atoms with Gasteiger partial charge in [-0.25, -0.2) is 4.39 Å². The second-order valence-electron chi connectivity index (χ2n) is 8.35. The van der Waals surface area contributed by atoms with Crippen LogP contribution in [0.3, 0.4) is 0 Å². The van der Waals surface area contributed by atoms with Crippen LogP contribution in [0, 0.1) is 5.82 Å². The largest absolute Gasteiger partial charge is 0.459 e. The molecule has 1 amide bonds. The highest BCUT2D eigenvalue weighted by Crippen LogP contribution is 2.44. The minimum absolute atomic E-state index is 0.0824. The molecule has 0 spiro atoms. The van der Waals surface area contributed by atoms with Crippen LogP contribution in [0.1, 0.15) is 23.5 Å². The van der Waals surface area contributed by atoms with Gasteiger partial charge in [-0.2, -0.15) is 0 Å². The first-order valence-electron chi connectivity index (χ1n) is 11.4. The van der Waals surface area contributed by atoms with E-state index in [1.54, 1.807) is 30.5 Å². The summed E-state index contributed by atoms with van der Waals surface area (Å²) in [5, 5.41) is 6.90. The lowest BCUT2D eigenvalue weighted by atomic mass is 10.0. The van der Waals surface area contributed by atoms with Gasteiger partial charge in [0.15, 0.2) is 5.11 Å². The van der Waals surface area contributed by atoms with Gasteiger partial charge in [0.1, 0.15) is 30.0 Å². The van der Waals surface area contributed by atoms with Crippen LogP contribution in [0.15, 0.2) is 83.4 Å². The lowest BCUT2D eigenvalue weighted by Crippen LogP contribution is -2.29. The molecule has 0 bridgehead atoms. The smallest absolute Gasteiger partial charge is 0.250 e. The number of hydrogen-bond donors (Lipinski definition) is 2. The van der Waals surface area contributed by atoms with Gasteiger partial charge in [0, 0.05) is 24.6 Å². The highest BCUT2D eigenvalue weighted by molar-refractivity contribution is 7.80. The van der Waals surface area contributed by atoms with Gasteiger partial charge in [-0.3, -0.25) is 9.78 Å². The summed E-state index contributed by atoms with van der Waals surface area (Å²) in [6.45, 7) is -0.0824. The number of carbonyl (C=O) groups excluding carboxylic acids is 1. The van der Waals surface area contributed by atoms with E-state index in [4.69, 9.17) is 33.0 Å². The summed E-state index contributed by atoms with van der Waals surface area (Å²) in [6.07, 6.45) is 1.72. The molecule has 7 nitrogen and oxygen atoms in total. The number of anilines is 2. The molecule has 37 heavy (non-hydrogen) atoms. The summed E-state index contributed by atoms with van der Waals surface area (Å²) in [4.78, 5) is 18.4. The third kappa shape index (κ3) is 5.20. The maximum absolute atomic E-state index is 13.4. The van der Waals surface area contributed by atoms with Gasteiger partial charge in [0.2, 0.25) is 5.91 Å². The number of thiocarbonyl (C=S) groups is 1. The van der Waals surface area contributed by atoms with E-state index in [1.807, 2.05) is 41.3 Å². The number of methoxy groups -OCH3 is 1. The quantitative estimate of drug-likeness (QED) is 0.285. The average Bonchev–Trinajstić information content (AvgIpc) is 3.51. The second kappa shape index (κ2) is 10.7. The highest BCUT2D eigenvalue weighted by Gasteiger charge is 2.42. The van der Waals surface area contributed by atoms with E-state index in [1.165, 1.54) is 19.2 Å². The Morgan fingerprint density at radius 1 is 1.19 bits per heavy atom. The van der Waals surface area contributed by atoms with Crippen molar-refractivity contribution in [2.75, 3.05) is 23.9 Å². The molecule has 2 atom stereocenters. The van der Waals surface area contributed by atoms with Crippen LogP contribution in [-0.4, -0.2) is 29.7 Å². The number of carbonyl (C=O) groups is 1. The number of aromatic nitrogens is 1. The van der Waals surface area contributed by atoms with Crippen molar-refractivity contribution in [1.82, 2.24) is 10.3 Å². The van der Waals surface area contributed by atoms with Crippen LogP contribution < -0.4 is 15.5 Å². The molecular formula is C27H22ClFN4O3S. The zero-order valence-corrected chi connectivity index (χ0v) is 21.2. The monoisotopic (exact) mass is 536 g/mol. The minimum Gasteiger partial charge on any atom is -0.459 e. The van der Waals surface area contributed by atoms with Gasteiger partial charge in [-0.05, 0) is 78.9 Å². The molecule has 2 N–H and O–H groups in total. The average molecular weight is 537 g/mol. The summed E-state index contributed by atoms with van der Waals surface area (Å²) < 4.78 is 24.6. The van der Waals surface area contributed by atoms with Crippen molar-refractivity contribution in [3.8, 4) is 11.3 Å². The number of ether oxygens (including phenoxy) is 1. The number of hydrogen-bond acceptors (Lipinski definition) is 5. The Bertz CT molecular complexity index is 1430. The first kappa shape index (κ1) is 24.9. The topological polar surface area (TPSA) is 79.6 Å². The summed E-state index contributed by atoms with van der Waals surface area (Å²) in [5.41, 5.74) is 2.70. The lowest BCUT2D eigenvalue weighted by molar-refractivity contribution is -0.119. The molecule has 1 fully saturated rings. The van der Waals surface area contributed by atoms with Gasteiger partial charge in [0.05, 0.1) is 22.4 Å². The summed E-state index contributed by atoms with van der Waals surface area (Å²) >= 11 is 12.3. The number of nitrogens with one attached hydrogen (secondary N) is 2. The Morgan fingerprint density at radius 2 is 2.00 bits per heavy atom. The predicted octanol–water partition coefficient (Wildman–Crippen LogP) is 5.90. The van der Waals surface area contributed by atoms with Crippen molar-refractivity contribution in [1.29, 1.82) is 0 Å². The summed E-state index contributed by atoms with van der Waals surface area (Å²) in [6, 6.07) is 20.1. The van der Waals surface area contributed by atoms with E-state index >= 15 is 0 Å². The normalized spacial score (nSPS) is 17.1. The number of rotatable bonds is 7. The fourth-order valence-corrected chi connectivity index (χ4v) is 4.84. The molecular weight excluding hydrogens is 515 g/mol. The van der Waals surface area contributed by atoms with Gasteiger partial charge in [-0.15, -0.1) is 0 Å². The van der Waals surface area contributed by atoms with Crippen LogP contribution in [0.25, 0.3) is 11.3 Å². The third-order valence-electron chi connectivity index (χ3n) is 5.93. The maximum atomic E-state index is 13.4. The molecule has 0 unspecified atom stereocenters. The SMILES string of the molecule is COCC(=O)Nc1ccc(N2C(=S)N[C@H](c3ccccn3)[C@H]2c2ccc(-c3ccc(F)cc3)o2)cc1Cl. The van der Waals surface area contributed by atoms with Crippen LogP contribution in [0.4, 0.5) is 15.8 Å². The molecule has 188 valence electrons. The van der Waals surface area contributed by atoms with Crippen LogP contribution in [0.2, 0.25) is 5.02 Å². The molecule has 1 aliphatic rings. The van der Waals surface area contributed by atoms with E-state index in [0.717, 1.165) is 11.3 Å². The number of furan rings is 1. The van der Waals surface area contributed by atoms with Crippen LogP contribution >= 0.6 is 23.8 Å². The number of nitrogens with zero attached hydrogens (tertiary/aromatic N) is 2. The first-order chi connectivity index (χ1) is 17.9. The highest BCUT2D eigenvalue weighted by atomic mass is 35.5. The van der Waals surface area contributed by atoms with Crippen molar-refractivity contribution in [2.24, 2.45) is 0 Å². The Kier molecular flexibility index (Phi) is 7.18. The molecule has 0 aliphatic carbocycles. The van der Waals surface area contributed by atoms with Gasteiger partial charge >= 0.3 is 0 Å². The molecule has 0 radical (unpaired) electrons. The zero-order valence-electron chi connectivity index (χ0n) is 19.7. The standard InChI is InChI=1S/C27H22ClFN4O3S/c1-35-15-24(34)31-20-10-9-18(14-19(20)28)33-26(25(32-27(33)37)21-4-2-3-13-30-21)23-12-11-22(36-23)16-5-7-17(29)8-6-16/h2-14,25-26H,15H2,1H3,(H,31,34)(H,32,37)/t25-,26-/m1/s1. The Hall–Kier alpha value is -3.79. The molecule has 3 heterocycles. The van der Waals surface area contributed by atoms with Crippen molar-refractivity contribution >= 4 is 46.2 Å². The molecule has 10 heteroatoms. The fraction of sp³-hybridized carbons (Fsp3) is 0.148. The van der Waals surface area contributed by atoms with Crippen molar-refractivity contribution < 1.29 is 18.3 Å². The van der Waals surface area contributed by atoms with E-state index in [-0.39, 0.29) is 24.4 Å². The molecule has 2 aromatic carbocycles. The molecule has 4 aromatic rings. The van der Waals surface area contributed by atoms with Gasteiger partial charge in [-0.1, -0.05) is 17.7 Å². The molecule has 5 rings (SSSR count). The predicted molar refractivity (Wildman–Crippen MR) is 144 cm³/mol.